The normalized spacial score (nSPS) is 19.3. The molecule has 2 N–H and O–H groups in total. The largest absolute Gasteiger partial charge is 0.381 e. The van der Waals surface area contributed by atoms with Gasteiger partial charge < -0.3 is 10.6 Å². The van der Waals surface area contributed by atoms with Crippen LogP contribution in [0.1, 0.15) is 23.1 Å². The van der Waals surface area contributed by atoms with Crippen LogP contribution in [0.3, 0.4) is 0 Å². The second kappa shape index (κ2) is 5.55. The van der Waals surface area contributed by atoms with Crippen molar-refractivity contribution >= 4 is 18.1 Å². The fourth-order valence-corrected chi connectivity index (χ4v) is 2.11. The first-order chi connectivity index (χ1) is 7.18. The molecule has 90 valence electrons. The zero-order valence-electron chi connectivity index (χ0n) is 10.3. The summed E-state index contributed by atoms with van der Waals surface area (Å²) in [6.07, 6.45) is 1.23. The van der Waals surface area contributed by atoms with Crippen LogP contribution in [0.2, 0.25) is 0 Å². The van der Waals surface area contributed by atoms with Gasteiger partial charge in [0.2, 0.25) is 0 Å². The molecule has 0 aliphatic carbocycles. The number of rotatable bonds is 2. The predicted molar refractivity (Wildman–Crippen MR) is 72.8 cm³/mol. The minimum absolute atomic E-state index is 0. The summed E-state index contributed by atoms with van der Waals surface area (Å²) < 4.78 is 0. The summed E-state index contributed by atoms with van der Waals surface area (Å²) in [6, 6.07) is 5.01. The maximum absolute atomic E-state index is 3.61. The van der Waals surface area contributed by atoms with Gasteiger partial charge in [0.1, 0.15) is 0 Å². The quantitative estimate of drug-likeness (QED) is 0.831. The molecular weight excluding hydrogens is 220 g/mol. The van der Waals surface area contributed by atoms with Crippen LogP contribution in [-0.2, 0) is 0 Å². The second-order valence-electron chi connectivity index (χ2n) is 4.51. The number of nitrogens with one attached hydrogen (secondary N) is 2. The Labute approximate surface area is 104 Å². The van der Waals surface area contributed by atoms with Gasteiger partial charge in [-0.1, -0.05) is 6.07 Å². The lowest BCUT2D eigenvalue weighted by molar-refractivity contribution is 0.792. The smallest absolute Gasteiger partial charge is 0.0398 e. The summed E-state index contributed by atoms with van der Waals surface area (Å²) in [5.41, 5.74) is 5.47. The molecule has 1 aromatic rings. The molecule has 1 aromatic carbocycles. The third-order valence-electron chi connectivity index (χ3n) is 3.48. The van der Waals surface area contributed by atoms with E-state index in [-0.39, 0.29) is 12.4 Å². The lowest BCUT2D eigenvalue weighted by Gasteiger charge is -2.17. The van der Waals surface area contributed by atoms with E-state index >= 15 is 0 Å². The average molecular weight is 241 g/mol. The molecule has 2 rings (SSSR count). The molecule has 1 saturated heterocycles. The van der Waals surface area contributed by atoms with Crippen molar-refractivity contribution in [1.82, 2.24) is 5.32 Å². The molecule has 1 aliphatic heterocycles. The lowest BCUT2D eigenvalue weighted by Crippen LogP contribution is -2.22. The van der Waals surface area contributed by atoms with Gasteiger partial charge in [0, 0.05) is 18.3 Å². The van der Waals surface area contributed by atoms with Gasteiger partial charge in [-0.3, -0.25) is 0 Å². The number of hydrogen-bond donors (Lipinski definition) is 2. The van der Waals surface area contributed by atoms with Crippen LogP contribution < -0.4 is 10.6 Å². The average Bonchev–Trinajstić information content (AvgIpc) is 2.72. The van der Waals surface area contributed by atoms with Gasteiger partial charge in [-0.15, -0.1) is 12.4 Å². The van der Waals surface area contributed by atoms with Crippen molar-refractivity contribution in [2.45, 2.75) is 33.2 Å². The third-order valence-corrected chi connectivity index (χ3v) is 3.48. The molecule has 1 atom stereocenters. The minimum Gasteiger partial charge on any atom is -0.381 e. The Kier molecular flexibility index (Phi) is 4.63. The van der Waals surface area contributed by atoms with E-state index in [9.17, 15) is 0 Å². The van der Waals surface area contributed by atoms with Gasteiger partial charge in [0.15, 0.2) is 0 Å². The van der Waals surface area contributed by atoms with Crippen molar-refractivity contribution < 1.29 is 0 Å². The maximum atomic E-state index is 3.61. The maximum Gasteiger partial charge on any atom is 0.0398 e. The Morgan fingerprint density at radius 3 is 2.56 bits per heavy atom. The van der Waals surface area contributed by atoms with Gasteiger partial charge in [-0.05, 0) is 56.5 Å². The monoisotopic (exact) mass is 240 g/mol. The van der Waals surface area contributed by atoms with E-state index in [0.717, 1.165) is 13.1 Å². The van der Waals surface area contributed by atoms with Crippen molar-refractivity contribution in [1.29, 1.82) is 0 Å². The molecule has 0 spiro atoms. The number of benzene rings is 1. The Balaban J connectivity index is 0.00000128. The summed E-state index contributed by atoms with van der Waals surface area (Å²) >= 11 is 0. The highest BCUT2D eigenvalue weighted by molar-refractivity contribution is 5.85. The van der Waals surface area contributed by atoms with Crippen LogP contribution in [0, 0.1) is 20.8 Å². The molecular formula is C13H21ClN2. The molecule has 3 heteroatoms. The van der Waals surface area contributed by atoms with Crippen molar-refractivity contribution in [2.75, 3.05) is 18.4 Å². The predicted octanol–water partition coefficient (Wildman–Crippen LogP) is 2.81. The van der Waals surface area contributed by atoms with Crippen LogP contribution in [0.4, 0.5) is 5.69 Å². The van der Waals surface area contributed by atoms with E-state index in [1.807, 2.05) is 0 Å². The third kappa shape index (κ3) is 2.69. The molecule has 0 amide bonds. The van der Waals surface area contributed by atoms with Gasteiger partial charge in [0.05, 0.1) is 0 Å². The lowest BCUT2D eigenvalue weighted by atomic mass is 10.0. The zero-order chi connectivity index (χ0) is 10.8. The summed E-state index contributed by atoms with van der Waals surface area (Å²) in [5, 5.41) is 6.99. The van der Waals surface area contributed by atoms with Crippen molar-refractivity contribution in [2.24, 2.45) is 0 Å². The fraction of sp³-hybridized carbons (Fsp3) is 0.538. The number of hydrogen-bond acceptors (Lipinski definition) is 2. The SMILES string of the molecule is Cc1ccc(NC2CCNC2)c(C)c1C.Cl. The Hall–Kier alpha value is -0.730. The van der Waals surface area contributed by atoms with Crippen LogP contribution >= 0.6 is 12.4 Å². The number of anilines is 1. The molecule has 0 bridgehead atoms. The molecule has 1 heterocycles. The van der Waals surface area contributed by atoms with Crippen LogP contribution in [0.25, 0.3) is 0 Å². The van der Waals surface area contributed by atoms with Crippen molar-refractivity contribution in [3.8, 4) is 0 Å². The van der Waals surface area contributed by atoms with Crippen LogP contribution in [-0.4, -0.2) is 19.1 Å². The minimum atomic E-state index is 0. The summed E-state index contributed by atoms with van der Waals surface area (Å²) in [4.78, 5) is 0. The Bertz CT molecular complexity index is 357. The van der Waals surface area contributed by atoms with E-state index in [2.05, 4.69) is 43.5 Å². The zero-order valence-corrected chi connectivity index (χ0v) is 11.1. The van der Waals surface area contributed by atoms with Gasteiger partial charge in [0.25, 0.3) is 0 Å². The molecule has 0 radical (unpaired) electrons. The van der Waals surface area contributed by atoms with Crippen LogP contribution in [0.5, 0.6) is 0 Å². The summed E-state index contributed by atoms with van der Waals surface area (Å²) in [7, 11) is 0. The fourth-order valence-electron chi connectivity index (χ4n) is 2.11. The molecule has 1 fully saturated rings. The van der Waals surface area contributed by atoms with E-state index in [0.29, 0.717) is 6.04 Å². The second-order valence-corrected chi connectivity index (χ2v) is 4.51. The van der Waals surface area contributed by atoms with E-state index in [1.165, 1.54) is 28.8 Å². The highest BCUT2D eigenvalue weighted by Gasteiger charge is 2.15. The van der Waals surface area contributed by atoms with Gasteiger partial charge in [-0.2, -0.15) is 0 Å². The Morgan fingerprint density at radius 2 is 1.94 bits per heavy atom. The van der Waals surface area contributed by atoms with Gasteiger partial charge in [-0.25, -0.2) is 0 Å². The first-order valence-electron chi connectivity index (χ1n) is 5.72. The number of aryl methyl sites for hydroxylation is 1. The molecule has 16 heavy (non-hydrogen) atoms. The summed E-state index contributed by atoms with van der Waals surface area (Å²) in [6.45, 7) is 8.80. The first kappa shape index (κ1) is 13.3. The molecule has 2 nitrogen and oxygen atoms in total. The van der Waals surface area contributed by atoms with Crippen LogP contribution in [0.15, 0.2) is 12.1 Å². The standard InChI is InChI=1S/C13H20N2.ClH/c1-9-4-5-13(11(3)10(9)2)15-12-6-7-14-8-12;/h4-5,12,14-15H,6-8H2,1-3H3;1H. The molecule has 1 aliphatic rings. The molecule has 0 aromatic heterocycles. The molecule has 0 saturated carbocycles. The molecule has 1 unspecified atom stereocenters. The highest BCUT2D eigenvalue weighted by Crippen LogP contribution is 2.22. The topological polar surface area (TPSA) is 24.1 Å². The number of halogens is 1. The first-order valence-corrected chi connectivity index (χ1v) is 5.72. The van der Waals surface area contributed by atoms with Crippen molar-refractivity contribution in [3.05, 3.63) is 28.8 Å². The van der Waals surface area contributed by atoms with Gasteiger partial charge >= 0.3 is 0 Å². The van der Waals surface area contributed by atoms with Crippen molar-refractivity contribution in [3.63, 3.8) is 0 Å². The summed E-state index contributed by atoms with van der Waals surface area (Å²) in [5.74, 6) is 0. The van der Waals surface area contributed by atoms with E-state index in [4.69, 9.17) is 0 Å². The van der Waals surface area contributed by atoms with E-state index in [1.54, 1.807) is 0 Å². The van der Waals surface area contributed by atoms with E-state index < -0.39 is 0 Å². The highest BCUT2D eigenvalue weighted by atomic mass is 35.5. The Morgan fingerprint density at radius 1 is 1.19 bits per heavy atom.